The fourth-order valence-corrected chi connectivity index (χ4v) is 2.18. The molecule has 0 saturated heterocycles. The molecule has 8 heteroatoms. The molecule has 0 aliphatic heterocycles. The van der Waals surface area contributed by atoms with E-state index >= 15 is 0 Å². The Hall–Kier alpha value is -1.97. The van der Waals surface area contributed by atoms with Crippen molar-refractivity contribution in [2.75, 3.05) is 26.8 Å². The van der Waals surface area contributed by atoms with Gasteiger partial charge in [-0.05, 0) is 37.1 Å². The van der Waals surface area contributed by atoms with Gasteiger partial charge in [-0.2, -0.15) is 0 Å². The number of halogens is 1. The van der Waals surface area contributed by atoms with Gasteiger partial charge in [0.2, 0.25) is 0 Å². The van der Waals surface area contributed by atoms with Gasteiger partial charge in [-0.15, -0.1) is 24.0 Å². The Morgan fingerprint density at radius 3 is 2.48 bits per heavy atom. The normalized spacial score (nSPS) is 11.1. The van der Waals surface area contributed by atoms with Gasteiger partial charge in [0, 0.05) is 12.6 Å². The number of aromatic nitrogens is 1. The molecule has 27 heavy (non-hydrogen) atoms. The van der Waals surface area contributed by atoms with Crippen molar-refractivity contribution < 1.29 is 14.0 Å². The number of hydrogen-bond donors (Lipinski definition) is 2. The summed E-state index contributed by atoms with van der Waals surface area (Å²) in [7, 11) is 1.64. The van der Waals surface area contributed by atoms with Crippen LogP contribution in [-0.4, -0.2) is 37.9 Å². The van der Waals surface area contributed by atoms with Crippen molar-refractivity contribution in [3.05, 3.63) is 41.8 Å². The molecule has 0 unspecified atom stereocenters. The number of aliphatic imine (C=N–C) groups is 1. The molecule has 0 radical (unpaired) electrons. The molecule has 1 heterocycles. The number of methoxy groups -OCH3 is 1. The minimum atomic E-state index is 0. The van der Waals surface area contributed by atoms with Crippen LogP contribution >= 0.6 is 24.0 Å². The molecule has 0 fully saturated rings. The van der Waals surface area contributed by atoms with Crippen molar-refractivity contribution in [1.29, 1.82) is 0 Å². The van der Waals surface area contributed by atoms with Crippen molar-refractivity contribution in [1.82, 2.24) is 15.8 Å². The smallest absolute Gasteiger partial charge is 0.191 e. The van der Waals surface area contributed by atoms with Crippen LogP contribution in [0.4, 0.5) is 0 Å². The molecule has 2 aromatic rings. The van der Waals surface area contributed by atoms with Crippen LogP contribution in [0.2, 0.25) is 0 Å². The molecule has 0 atom stereocenters. The maximum Gasteiger partial charge on any atom is 0.191 e. The van der Waals surface area contributed by atoms with Crippen LogP contribution in [0, 0.1) is 0 Å². The standard InChI is InChI=1S/C19H28N4O3.HI/c1-5-20-19(22-13-17-12-18(14(2)3)23-26-17)21-10-11-25-16-8-6-15(24-4)7-9-16;/h6-9,12,14H,5,10-11,13H2,1-4H3,(H2,20,21,22);1H. The van der Waals surface area contributed by atoms with Crippen molar-refractivity contribution in [3.8, 4) is 11.5 Å². The van der Waals surface area contributed by atoms with Gasteiger partial charge in [-0.1, -0.05) is 19.0 Å². The predicted octanol–water partition coefficient (Wildman–Crippen LogP) is 3.56. The van der Waals surface area contributed by atoms with Gasteiger partial charge in [0.15, 0.2) is 11.7 Å². The minimum absolute atomic E-state index is 0. The Morgan fingerprint density at radius 1 is 1.19 bits per heavy atom. The predicted molar refractivity (Wildman–Crippen MR) is 117 cm³/mol. The fourth-order valence-electron chi connectivity index (χ4n) is 2.18. The van der Waals surface area contributed by atoms with Crippen LogP contribution in [0.15, 0.2) is 39.8 Å². The largest absolute Gasteiger partial charge is 0.497 e. The van der Waals surface area contributed by atoms with E-state index in [1.165, 1.54) is 0 Å². The zero-order chi connectivity index (χ0) is 18.8. The summed E-state index contributed by atoms with van der Waals surface area (Å²) in [6, 6.07) is 9.46. The van der Waals surface area contributed by atoms with E-state index in [2.05, 4.69) is 34.6 Å². The zero-order valence-electron chi connectivity index (χ0n) is 16.3. The first-order valence-electron chi connectivity index (χ1n) is 8.87. The van der Waals surface area contributed by atoms with E-state index in [0.29, 0.717) is 31.6 Å². The van der Waals surface area contributed by atoms with E-state index in [9.17, 15) is 0 Å². The molecule has 0 aliphatic carbocycles. The van der Waals surface area contributed by atoms with Gasteiger partial charge in [-0.3, -0.25) is 0 Å². The summed E-state index contributed by atoms with van der Waals surface area (Å²) in [4.78, 5) is 4.51. The maximum absolute atomic E-state index is 5.70. The molecule has 0 amide bonds. The highest BCUT2D eigenvalue weighted by Crippen LogP contribution is 2.16. The van der Waals surface area contributed by atoms with Crippen LogP contribution in [0.3, 0.4) is 0 Å². The average molecular weight is 488 g/mol. The van der Waals surface area contributed by atoms with Crippen LogP contribution in [0.5, 0.6) is 11.5 Å². The Bertz CT molecular complexity index is 687. The second-order valence-electron chi connectivity index (χ2n) is 6.02. The second kappa shape index (κ2) is 12.4. The monoisotopic (exact) mass is 488 g/mol. The van der Waals surface area contributed by atoms with Crippen molar-refractivity contribution in [2.24, 2.45) is 4.99 Å². The van der Waals surface area contributed by atoms with Crippen LogP contribution < -0.4 is 20.1 Å². The number of ether oxygens (including phenoxy) is 2. The summed E-state index contributed by atoms with van der Waals surface area (Å²) < 4.78 is 16.1. The summed E-state index contributed by atoms with van der Waals surface area (Å²) >= 11 is 0. The third-order valence-electron chi connectivity index (χ3n) is 3.63. The first-order chi connectivity index (χ1) is 12.6. The Labute approximate surface area is 177 Å². The highest BCUT2D eigenvalue weighted by molar-refractivity contribution is 14.0. The van der Waals surface area contributed by atoms with E-state index in [1.54, 1.807) is 7.11 Å². The maximum atomic E-state index is 5.70. The minimum Gasteiger partial charge on any atom is -0.497 e. The van der Waals surface area contributed by atoms with Crippen LogP contribution in [0.25, 0.3) is 0 Å². The molecule has 1 aromatic carbocycles. The van der Waals surface area contributed by atoms with Crippen LogP contribution in [-0.2, 0) is 6.54 Å². The molecular formula is C19H29IN4O3. The SMILES string of the molecule is CCNC(=NCc1cc(C(C)C)no1)NCCOc1ccc(OC)cc1.I. The van der Waals surface area contributed by atoms with Crippen molar-refractivity contribution in [3.63, 3.8) is 0 Å². The van der Waals surface area contributed by atoms with Crippen LogP contribution in [0.1, 0.15) is 38.1 Å². The van der Waals surface area contributed by atoms with Gasteiger partial charge < -0.3 is 24.6 Å². The first kappa shape index (κ1) is 23.1. The Morgan fingerprint density at radius 2 is 1.89 bits per heavy atom. The highest BCUT2D eigenvalue weighted by Gasteiger charge is 2.07. The summed E-state index contributed by atoms with van der Waals surface area (Å²) in [5.74, 6) is 3.43. The topological polar surface area (TPSA) is 80.9 Å². The van der Waals surface area contributed by atoms with E-state index in [-0.39, 0.29) is 24.0 Å². The van der Waals surface area contributed by atoms with Gasteiger partial charge in [0.05, 0.1) is 19.3 Å². The zero-order valence-corrected chi connectivity index (χ0v) is 18.7. The third kappa shape index (κ3) is 8.06. The quantitative estimate of drug-likeness (QED) is 0.243. The number of guanidine groups is 1. The molecule has 0 bridgehead atoms. The van der Waals surface area contributed by atoms with E-state index < -0.39 is 0 Å². The highest BCUT2D eigenvalue weighted by atomic mass is 127. The number of hydrogen-bond acceptors (Lipinski definition) is 5. The second-order valence-corrected chi connectivity index (χ2v) is 6.02. The van der Waals surface area contributed by atoms with Crippen molar-refractivity contribution in [2.45, 2.75) is 33.2 Å². The summed E-state index contributed by atoms with van der Waals surface area (Å²) in [6.45, 7) is 8.56. The molecular weight excluding hydrogens is 459 g/mol. The van der Waals surface area contributed by atoms with E-state index in [0.717, 1.165) is 29.5 Å². The van der Waals surface area contributed by atoms with Gasteiger partial charge >= 0.3 is 0 Å². The molecule has 2 rings (SSSR count). The molecule has 1 aromatic heterocycles. The summed E-state index contributed by atoms with van der Waals surface area (Å²) in [5.41, 5.74) is 0.945. The Kier molecular flexibility index (Phi) is 10.6. The lowest BCUT2D eigenvalue weighted by Gasteiger charge is -2.12. The van der Waals surface area contributed by atoms with Gasteiger partial charge in [0.1, 0.15) is 24.7 Å². The van der Waals surface area contributed by atoms with Gasteiger partial charge in [-0.25, -0.2) is 4.99 Å². The van der Waals surface area contributed by atoms with Crippen molar-refractivity contribution >= 4 is 29.9 Å². The number of nitrogens with one attached hydrogen (secondary N) is 2. The van der Waals surface area contributed by atoms with E-state index in [1.807, 2.05) is 37.3 Å². The lowest BCUT2D eigenvalue weighted by molar-refractivity contribution is 0.321. The van der Waals surface area contributed by atoms with E-state index in [4.69, 9.17) is 14.0 Å². The Balaban J connectivity index is 0.00000364. The molecule has 0 aliphatic rings. The fraction of sp³-hybridized carbons (Fsp3) is 0.474. The molecule has 150 valence electrons. The third-order valence-corrected chi connectivity index (χ3v) is 3.63. The average Bonchev–Trinajstić information content (AvgIpc) is 3.13. The number of benzene rings is 1. The number of nitrogens with zero attached hydrogens (tertiary/aromatic N) is 2. The lowest BCUT2D eigenvalue weighted by Crippen LogP contribution is -2.39. The molecule has 0 saturated carbocycles. The van der Waals surface area contributed by atoms with Gasteiger partial charge in [0.25, 0.3) is 0 Å². The molecule has 0 spiro atoms. The molecule has 7 nitrogen and oxygen atoms in total. The first-order valence-corrected chi connectivity index (χ1v) is 8.87. The summed E-state index contributed by atoms with van der Waals surface area (Å²) in [6.07, 6.45) is 0. The lowest BCUT2D eigenvalue weighted by atomic mass is 10.1. The summed E-state index contributed by atoms with van der Waals surface area (Å²) in [5, 5.41) is 10.5. The molecule has 2 N–H and O–H groups in total. The number of rotatable bonds is 9.